The first-order chi connectivity index (χ1) is 14.1. The summed E-state index contributed by atoms with van der Waals surface area (Å²) < 4.78 is 0. The molecule has 152 valence electrons. The summed E-state index contributed by atoms with van der Waals surface area (Å²) >= 11 is 0. The second kappa shape index (κ2) is 9.73. The number of carbonyl (C=O) groups excluding carboxylic acids is 3. The lowest BCUT2D eigenvalue weighted by Crippen LogP contribution is -2.35. The first kappa shape index (κ1) is 20.4. The summed E-state index contributed by atoms with van der Waals surface area (Å²) in [6, 6.07) is 13.9. The third-order valence-corrected chi connectivity index (χ3v) is 4.86. The summed E-state index contributed by atoms with van der Waals surface area (Å²) in [5.41, 5.74) is 2.45. The summed E-state index contributed by atoms with van der Waals surface area (Å²) in [6.45, 7) is 1.71. The van der Waals surface area contributed by atoms with Gasteiger partial charge >= 0.3 is 0 Å². The fraction of sp³-hybridized carbons (Fsp3) is 0.318. The number of amides is 3. The van der Waals surface area contributed by atoms with Gasteiger partial charge in [0, 0.05) is 42.6 Å². The number of likely N-dealkylation sites (tertiary alicyclic amines) is 1. The Morgan fingerprint density at radius 1 is 0.897 bits per heavy atom. The average molecular weight is 394 g/mol. The van der Waals surface area contributed by atoms with E-state index in [1.165, 1.54) is 6.42 Å². The molecule has 7 heteroatoms. The molecule has 3 rings (SSSR count). The van der Waals surface area contributed by atoms with Crippen molar-refractivity contribution in [2.24, 2.45) is 0 Å². The van der Waals surface area contributed by atoms with Crippen molar-refractivity contribution in [2.75, 3.05) is 37.3 Å². The standard InChI is InChI=1S/C22H26N4O3/c1-23-21(28)17-6-5-7-19(14-17)25-20(27)15-24-18-10-8-16(9-11-18)22(29)26-12-3-2-4-13-26/h5-11,14,24H,2-4,12-13,15H2,1H3,(H,23,28)(H,25,27). The van der Waals surface area contributed by atoms with Crippen LogP contribution in [0.3, 0.4) is 0 Å². The van der Waals surface area contributed by atoms with Gasteiger partial charge < -0.3 is 20.9 Å². The Morgan fingerprint density at radius 3 is 2.31 bits per heavy atom. The maximum atomic E-state index is 12.5. The number of hydrogen-bond acceptors (Lipinski definition) is 4. The maximum absolute atomic E-state index is 12.5. The lowest BCUT2D eigenvalue weighted by atomic mass is 10.1. The molecule has 0 bridgehead atoms. The number of nitrogens with one attached hydrogen (secondary N) is 3. The maximum Gasteiger partial charge on any atom is 0.253 e. The molecule has 3 amide bonds. The zero-order chi connectivity index (χ0) is 20.6. The first-order valence-electron chi connectivity index (χ1n) is 9.82. The molecule has 7 nitrogen and oxygen atoms in total. The van der Waals surface area contributed by atoms with Crippen LogP contribution in [0.15, 0.2) is 48.5 Å². The molecule has 29 heavy (non-hydrogen) atoms. The molecule has 1 aliphatic rings. The van der Waals surface area contributed by atoms with Crippen molar-refractivity contribution in [1.29, 1.82) is 0 Å². The van der Waals surface area contributed by atoms with Gasteiger partial charge in [-0.3, -0.25) is 14.4 Å². The molecule has 0 unspecified atom stereocenters. The summed E-state index contributed by atoms with van der Waals surface area (Å²) in [6.07, 6.45) is 3.31. The molecule has 3 N–H and O–H groups in total. The van der Waals surface area contributed by atoms with Crippen LogP contribution in [0.4, 0.5) is 11.4 Å². The number of anilines is 2. The largest absolute Gasteiger partial charge is 0.376 e. The van der Waals surface area contributed by atoms with Crippen molar-refractivity contribution in [3.63, 3.8) is 0 Å². The Kier molecular flexibility index (Phi) is 6.84. The van der Waals surface area contributed by atoms with Crippen LogP contribution in [0, 0.1) is 0 Å². The highest BCUT2D eigenvalue weighted by Gasteiger charge is 2.17. The third kappa shape index (κ3) is 5.57. The monoisotopic (exact) mass is 394 g/mol. The van der Waals surface area contributed by atoms with E-state index >= 15 is 0 Å². The highest BCUT2D eigenvalue weighted by atomic mass is 16.2. The van der Waals surface area contributed by atoms with E-state index in [1.807, 2.05) is 4.90 Å². The van der Waals surface area contributed by atoms with Gasteiger partial charge in [0.05, 0.1) is 6.54 Å². The van der Waals surface area contributed by atoms with Crippen molar-refractivity contribution in [2.45, 2.75) is 19.3 Å². The van der Waals surface area contributed by atoms with Crippen LogP contribution < -0.4 is 16.0 Å². The predicted octanol–water partition coefficient (Wildman–Crippen LogP) is 2.72. The smallest absolute Gasteiger partial charge is 0.253 e. The number of carbonyl (C=O) groups is 3. The van der Waals surface area contributed by atoms with Gasteiger partial charge in [-0.15, -0.1) is 0 Å². The molecule has 0 atom stereocenters. The van der Waals surface area contributed by atoms with Crippen molar-refractivity contribution >= 4 is 29.1 Å². The van der Waals surface area contributed by atoms with Crippen LogP contribution in [0.1, 0.15) is 40.0 Å². The van der Waals surface area contributed by atoms with Crippen molar-refractivity contribution in [3.05, 3.63) is 59.7 Å². The van der Waals surface area contributed by atoms with Gasteiger partial charge in [0.25, 0.3) is 11.8 Å². The minimum absolute atomic E-state index is 0.0602. The van der Waals surface area contributed by atoms with Gasteiger partial charge in [0.15, 0.2) is 0 Å². The van der Waals surface area contributed by atoms with Crippen LogP contribution in [-0.4, -0.2) is 49.3 Å². The molecule has 0 radical (unpaired) electrons. The minimum Gasteiger partial charge on any atom is -0.376 e. The number of piperidine rings is 1. The van der Waals surface area contributed by atoms with Crippen molar-refractivity contribution in [1.82, 2.24) is 10.2 Å². The van der Waals surface area contributed by atoms with E-state index < -0.39 is 0 Å². The van der Waals surface area contributed by atoms with Gasteiger partial charge in [-0.05, 0) is 61.7 Å². The Bertz CT molecular complexity index is 874. The van der Waals surface area contributed by atoms with E-state index in [-0.39, 0.29) is 24.3 Å². The first-order valence-corrected chi connectivity index (χ1v) is 9.82. The number of hydrogen-bond donors (Lipinski definition) is 3. The highest BCUT2D eigenvalue weighted by Crippen LogP contribution is 2.16. The molecular weight excluding hydrogens is 368 g/mol. The summed E-state index contributed by atoms with van der Waals surface area (Å²) in [5.74, 6) is -0.379. The molecule has 2 aromatic carbocycles. The Morgan fingerprint density at radius 2 is 1.62 bits per heavy atom. The fourth-order valence-corrected chi connectivity index (χ4v) is 3.28. The van der Waals surface area contributed by atoms with E-state index in [9.17, 15) is 14.4 Å². The SMILES string of the molecule is CNC(=O)c1cccc(NC(=O)CNc2ccc(C(=O)N3CCCCC3)cc2)c1. The second-order valence-corrected chi connectivity index (χ2v) is 6.99. The van der Waals surface area contributed by atoms with Gasteiger partial charge in [-0.2, -0.15) is 0 Å². The van der Waals surface area contributed by atoms with Gasteiger partial charge in [-0.25, -0.2) is 0 Å². The van der Waals surface area contributed by atoms with E-state index in [0.717, 1.165) is 31.6 Å². The van der Waals surface area contributed by atoms with Crippen LogP contribution in [0.5, 0.6) is 0 Å². The van der Waals surface area contributed by atoms with Gasteiger partial charge in [0.1, 0.15) is 0 Å². The molecule has 0 aromatic heterocycles. The Balaban J connectivity index is 1.51. The molecule has 1 heterocycles. The topological polar surface area (TPSA) is 90.5 Å². The lowest BCUT2D eigenvalue weighted by molar-refractivity contribution is -0.114. The molecular formula is C22H26N4O3. The van der Waals surface area contributed by atoms with Crippen molar-refractivity contribution in [3.8, 4) is 0 Å². The molecule has 1 aliphatic heterocycles. The van der Waals surface area contributed by atoms with E-state index in [1.54, 1.807) is 55.6 Å². The Hall–Kier alpha value is -3.35. The minimum atomic E-state index is -0.229. The fourth-order valence-electron chi connectivity index (χ4n) is 3.28. The van der Waals surface area contributed by atoms with Gasteiger partial charge in [0.2, 0.25) is 5.91 Å². The van der Waals surface area contributed by atoms with Crippen LogP contribution in [0.25, 0.3) is 0 Å². The van der Waals surface area contributed by atoms with E-state index in [4.69, 9.17) is 0 Å². The zero-order valence-corrected chi connectivity index (χ0v) is 16.5. The van der Waals surface area contributed by atoms with E-state index in [2.05, 4.69) is 16.0 Å². The molecule has 0 spiro atoms. The summed E-state index contributed by atoms with van der Waals surface area (Å²) in [7, 11) is 1.56. The van der Waals surface area contributed by atoms with Crippen LogP contribution in [-0.2, 0) is 4.79 Å². The summed E-state index contributed by atoms with van der Waals surface area (Å²) in [5, 5.41) is 8.36. The number of nitrogens with zero attached hydrogens (tertiary/aromatic N) is 1. The molecule has 0 saturated carbocycles. The number of rotatable bonds is 6. The second-order valence-electron chi connectivity index (χ2n) is 6.99. The zero-order valence-electron chi connectivity index (χ0n) is 16.5. The van der Waals surface area contributed by atoms with E-state index in [0.29, 0.717) is 16.8 Å². The van der Waals surface area contributed by atoms with Crippen LogP contribution in [0.2, 0.25) is 0 Å². The predicted molar refractivity (Wildman–Crippen MR) is 113 cm³/mol. The normalized spacial score (nSPS) is 13.5. The average Bonchev–Trinajstić information content (AvgIpc) is 2.77. The quantitative estimate of drug-likeness (QED) is 0.703. The molecule has 1 saturated heterocycles. The Labute approximate surface area is 170 Å². The highest BCUT2D eigenvalue weighted by molar-refractivity contribution is 5.98. The summed E-state index contributed by atoms with van der Waals surface area (Å²) in [4.78, 5) is 38.2. The number of benzene rings is 2. The van der Waals surface area contributed by atoms with Crippen LogP contribution >= 0.6 is 0 Å². The third-order valence-electron chi connectivity index (χ3n) is 4.86. The molecule has 0 aliphatic carbocycles. The lowest BCUT2D eigenvalue weighted by Gasteiger charge is -2.26. The van der Waals surface area contributed by atoms with Crippen molar-refractivity contribution < 1.29 is 14.4 Å². The molecule has 2 aromatic rings. The molecule has 1 fully saturated rings. The van der Waals surface area contributed by atoms with Gasteiger partial charge in [-0.1, -0.05) is 6.07 Å².